The van der Waals surface area contributed by atoms with Crippen LogP contribution in [0.5, 0.6) is 0 Å². The lowest BCUT2D eigenvalue weighted by Gasteiger charge is -2.27. The molecule has 0 spiro atoms. The van der Waals surface area contributed by atoms with Crippen molar-refractivity contribution in [2.24, 2.45) is 0 Å². The molecule has 2 aromatic rings. The third kappa shape index (κ3) is 4.02. The van der Waals surface area contributed by atoms with E-state index in [0.717, 1.165) is 5.56 Å². The standard InChI is InChI=1S/C16H16ClFN2O/c1-11(2)20(10-12-4-3-5-14(17)8-12)16(21)13-6-7-15(18)19-9-13/h3-9,11H,10H2,1-2H3. The van der Waals surface area contributed by atoms with Crippen LogP contribution < -0.4 is 0 Å². The summed E-state index contributed by atoms with van der Waals surface area (Å²) in [7, 11) is 0. The largest absolute Gasteiger partial charge is 0.332 e. The predicted octanol–water partition coefficient (Wildman–Crippen LogP) is 3.92. The Labute approximate surface area is 128 Å². The number of amides is 1. The highest BCUT2D eigenvalue weighted by Gasteiger charge is 2.19. The topological polar surface area (TPSA) is 33.2 Å². The molecule has 0 radical (unpaired) electrons. The molecule has 0 atom stereocenters. The Morgan fingerprint density at radius 3 is 2.67 bits per heavy atom. The van der Waals surface area contributed by atoms with Gasteiger partial charge in [0.05, 0.1) is 5.56 Å². The summed E-state index contributed by atoms with van der Waals surface area (Å²) in [6, 6.07) is 10.0. The molecule has 0 bridgehead atoms. The van der Waals surface area contributed by atoms with Crippen molar-refractivity contribution in [3.63, 3.8) is 0 Å². The number of carbonyl (C=O) groups is 1. The Morgan fingerprint density at radius 2 is 2.10 bits per heavy atom. The van der Waals surface area contributed by atoms with Crippen molar-refractivity contribution in [1.29, 1.82) is 0 Å². The van der Waals surface area contributed by atoms with Crippen LogP contribution in [0.3, 0.4) is 0 Å². The number of nitrogens with zero attached hydrogens (tertiary/aromatic N) is 2. The van der Waals surface area contributed by atoms with Crippen molar-refractivity contribution in [3.8, 4) is 0 Å². The van der Waals surface area contributed by atoms with E-state index in [1.165, 1.54) is 18.3 Å². The van der Waals surface area contributed by atoms with Gasteiger partial charge in [0, 0.05) is 23.8 Å². The first-order valence-electron chi connectivity index (χ1n) is 6.64. The molecule has 3 nitrogen and oxygen atoms in total. The van der Waals surface area contributed by atoms with E-state index in [1.54, 1.807) is 11.0 Å². The van der Waals surface area contributed by atoms with Crippen LogP contribution in [0.1, 0.15) is 29.8 Å². The second-order valence-corrected chi connectivity index (χ2v) is 5.46. The molecule has 0 aliphatic rings. The number of aromatic nitrogens is 1. The van der Waals surface area contributed by atoms with E-state index in [4.69, 9.17) is 11.6 Å². The zero-order valence-electron chi connectivity index (χ0n) is 11.9. The monoisotopic (exact) mass is 306 g/mol. The van der Waals surface area contributed by atoms with E-state index in [-0.39, 0.29) is 11.9 Å². The Morgan fingerprint density at radius 1 is 1.33 bits per heavy atom. The fourth-order valence-corrected chi connectivity index (χ4v) is 2.20. The molecular weight excluding hydrogens is 291 g/mol. The van der Waals surface area contributed by atoms with Gasteiger partial charge in [0.25, 0.3) is 5.91 Å². The average Bonchev–Trinajstić information content (AvgIpc) is 2.44. The first-order chi connectivity index (χ1) is 9.97. The fraction of sp³-hybridized carbons (Fsp3) is 0.250. The Hall–Kier alpha value is -1.94. The number of carbonyl (C=O) groups excluding carboxylic acids is 1. The number of hydrogen-bond acceptors (Lipinski definition) is 2. The fourth-order valence-electron chi connectivity index (χ4n) is 1.99. The minimum absolute atomic E-state index is 0.00142. The second-order valence-electron chi connectivity index (χ2n) is 5.03. The maximum absolute atomic E-state index is 12.9. The number of pyridine rings is 1. The SMILES string of the molecule is CC(C)N(Cc1cccc(Cl)c1)C(=O)c1ccc(F)nc1. The van der Waals surface area contributed by atoms with Gasteiger partial charge in [-0.25, -0.2) is 4.98 Å². The number of halogens is 2. The molecule has 0 unspecified atom stereocenters. The minimum Gasteiger partial charge on any atom is -0.332 e. The molecule has 21 heavy (non-hydrogen) atoms. The van der Waals surface area contributed by atoms with Crippen molar-refractivity contribution in [2.45, 2.75) is 26.4 Å². The first kappa shape index (κ1) is 15.4. The summed E-state index contributed by atoms with van der Waals surface area (Å²) in [5.74, 6) is -0.782. The van der Waals surface area contributed by atoms with E-state index in [2.05, 4.69) is 4.98 Å². The van der Waals surface area contributed by atoms with Crippen LogP contribution >= 0.6 is 11.6 Å². The van der Waals surface area contributed by atoms with Gasteiger partial charge >= 0.3 is 0 Å². The Kier molecular flexibility index (Phi) is 4.91. The van der Waals surface area contributed by atoms with Gasteiger partial charge in [-0.2, -0.15) is 4.39 Å². The first-order valence-corrected chi connectivity index (χ1v) is 7.02. The number of benzene rings is 1. The minimum atomic E-state index is -0.600. The van der Waals surface area contributed by atoms with Crippen molar-refractivity contribution in [3.05, 3.63) is 64.7 Å². The van der Waals surface area contributed by atoms with Crippen LogP contribution in [0.4, 0.5) is 4.39 Å². The molecular formula is C16H16ClFN2O. The summed E-state index contributed by atoms with van der Waals surface area (Å²) in [6.45, 7) is 4.30. The zero-order chi connectivity index (χ0) is 15.4. The molecule has 0 aliphatic heterocycles. The average molecular weight is 307 g/mol. The number of rotatable bonds is 4. The summed E-state index contributed by atoms with van der Waals surface area (Å²) in [4.78, 5) is 17.7. The Balaban J connectivity index is 2.22. The van der Waals surface area contributed by atoms with Crippen LogP contribution in [-0.4, -0.2) is 21.8 Å². The van der Waals surface area contributed by atoms with Gasteiger partial charge in [-0.15, -0.1) is 0 Å². The van der Waals surface area contributed by atoms with Gasteiger partial charge in [-0.1, -0.05) is 23.7 Å². The maximum atomic E-state index is 12.9. The zero-order valence-corrected chi connectivity index (χ0v) is 12.6. The van der Waals surface area contributed by atoms with Gasteiger partial charge in [0.1, 0.15) is 0 Å². The van der Waals surface area contributed by atoms with E-state index in [9.17, 15) is 9.18 Å². The molecule has 5 heteroatoms. The summed E-state index contributed by atoms with van der Waals surface area (Å²) >= 11 is 5.97. The normalized spacial score (nSPS) is 10.7. The maximum Gasteiger partial charge on any atom is 0.255 e. The smallest absolute Gasteiger partial charge is 0.255 e. The lowest BCUT2D eigenvalue weighted by molar-refractivity contribution is 0.0690. The summed E-state index contributed by atoms with van der Waals surface area (Å²) in [5.41, 5.74) is 1.31. The highest BCUT2D eigenvalue weighted by molar-refractivity contribution is 6.30. The summed E-state index contributed by atoms with van der Waals surface area (Å²) in [5, 5.41) is 0.632. The van der Waals surface area contributed by atoms with E-state index in [0.29, 0.717) is 17.1 Å². The van der Waals surface area contributed by atoms with Crippen molar-refractivity contribution < 1.29 is 9.18 Å². The third-order valence-electron chi connectivity index (χ3n) is 3.10. The van der Waals surface area contributed by atoms with Gasteiger partial charge in [-0.3, -0.25) is 4.79 Å². The lowest BCUT2D eigenvalue weighted by Crippen LogP contribution is -2.36. The molecule has 0 N–H and O–H groups in total. The molecule has 0 saturated carbocycles. The second kappa shape index (κ2) is 6.68. The highest BCUT2D eigenvalue weighted by Crippen LogP contribution is 2.16. The van der Waals surface area contributed by atoms with Crippen molar-refractivity contribution >= 4 is 17.5 Å². The summed E-state index contributed by atoms with van der Waals surface area (Å²) in [6.07, 6.45) is 1.25. The van der Waals surface area contributed by atoms with Gasteiger partial charge < -0.3 is 4.90 Å². The van der Waals surface area contributed by atoms with Crippen LogP contribution in [-0.2, 0) is 6.54 Å². The Bertz CT molecular complexity index is 628. The molecule has 1 aromatic heterocycles. The quantitative estimate of drug-likeness (QED) is 0.802. The highest BCUT2D eigenvalue weighted by atomic mass is 35.5. The lowest BCUT2D eigenvalue weighted by atomic mass is 10.1. The molecule has 1 amide bonds. The summed E-state index contributed by atoms with van der Waals surface area (Å²) < 4.78 is 12.9. The van der Waals surface area contributed by atoms with Crippen LogP contribution in [0.25, 0.3) is 0 Å². The van der Waals surface area contributed by atoms with E-state index < -0.39 is 5.95 Å². The molecule has 2 rings (SSSR count). The number of hydrogen-bond donors (Lipinski definition) is 0. The van der Waals surface area contributed by atoms with Gasteiger partial charge in [0.2, 0.25) is 5.95 Å². The molecule has 0 saturated heterocycles. The van der Waals surface area contributed by atoms with Crippen LogP contribution in [0, 0.1) is 5.95 Å². The van der Waals surface area contributed by atoms with Crippen LogP contribution in [0.2, 0.25) is 5.02 Å². The molecule has 1 heterocycles. The third-order valence-corrected chi connectivity index (χ3v) is 3.34. The predicted molar refractivity (Wildman–Crippen MR) is 80.7 cm³/mol. The van der Waals surface area contributed by atoms with E-state index in [1.807, 2.05) is 32.0 Å². The molecule has 0 aliphatic carbocycles. The molecule has 1 aromatic carbocycles. The molecule has 110 valence electrons. The van der Waals surface area contributed by atoms with Crippen LogP contribution in [0.15, 0.2) is 42.6 Å². The van der Waals surface area contributed by atoms with Crippen molar-refractivity contribution in [1.82, 2.24) is 9.88 Å². The molecule has 0 fully saturated rings. The van der Waals surface area contributed by atoms with E-state index >= 15 is 0 Å². The van der Waals surface area contributed by atoms with Crippen molar-refractivity contribution in [2.75, 3.05) is 0 Å². The van der Waals surface area contributed by atoms with Gasteiger partial charge in [0.15, 0.2) is 0 Å². The van der Waals surface area contributed by atoms with Gasteiger partial charge in [-0.05, 0) is 43.7 Å².